The first-order chi connectivity index (χ1) is 16.7. The number of carbonyl (C=O) groups excluding carboxylic acids is 2. The standard InChI is InChI=1S/C17H22N6O2.C6H10O4/c1-11-7-13(16(18)22-23(2)19)9-15(21-11)17(24)20-10-12-5-4-6-14(8-12)25-3;1-8-6(7)5-4-9-2-3-10-5/h4-9H,10,19H2,1-3H3,(H2,18,22)(H,20,24);5H,2-4H2,1H3. The van der Waals surface area contributed by atoms with E-state index < -0.39 is 6.10 Å². The van der Waals surface area contributed by atoms with E-state index in [0.29, 0.717) is 37.6 Å². The molecule has 1 aromatic carbocycles. The molecule has 0 radical (unpaired) electrons. The molecule has 1 fully saturated rings. The van der Waals surface area contributed by atoms with Gasteiger partial charge in [-0.05, 0) is 36.8 Å². The molecule has 190 valence electrons. The maximum absolute atomic E-state index is 12.4. The minimum atomic E-state index is -0.515. The zero-order valence-electron chi connectivity index (χ0n) is 20.3. The van der Waals surface area contributed by atoms with Gasteiger partial charge in [-0.3, -0.25) is 4.79 Å². The summed E-state index contributed by atoms with van der Waals surface area (Å²) >= 11 is 0. The highest BCUT2D eigenvalue weighted by Gasteiger charge is 2.22. The SMILES string of the molecule is COC(=O)C1COCCO1.COc1cccc(CNC(=O)c2cc(/C(N)=N/N(C)N)cc(C)n2)c1. The second kappa shape index (κ2) is 13.8. The maximum atomic E-state index is 12.4. The predicted octanol–water partition coefficient (Wildman–Crippen LogP) is 0.329. The van der Waals surface area contributed by atoms with Gasteiger partial charge in [-0.2, -0.15) is 0 Å². The van der Waals surface area contributed by atoms with Crippen molar-refractivity contribution >= 4 is 17.7 Å². The summed E-state index contributed by atoms with van der Waals surface area (Å²) in [6.07, 6.45) is -0.515. The fourth-order valence-corrected chi connectivity index (χ4v) is 2.97. The first-order valence-corrected chi connectivity index (χ1v) is 10.7. The van der Waals surface area contributed by atoms with Crippen molar-refractivity contribution in [2.45, 2.75) is 19.6 Å². The summed E-state index contributed by atoms with van der Waals surface area (Å²) in [5.74, 6) is 5.74. The monoisotopic (exact) mass is 488 g/mol. The Hall–Kier alpha value is -3.74. The van der Waals surface area contributed by atoms with Gasteiger partial charge in [-0.1, -0.05) is 12.1 Å². The number of pyridine rings is 1. The zero-order chi connectivity index (χ0) is 25.8. The van der Waals surface area contributed by atoms with Gasteiger partial charge in [-0.25, -0.2) is 20.7 Å². The summed E-state index contributed by atoms with van der Waals surface area (Å²) in [6.45, 7) is 3.48. The number of amidine groups is 1. The van der Waals surface area contributed by atoms with Crippen LogP contribution < -0.4 is 21.6 Å². The second-order valence-corrected chi connectivity index (χ2v) is 7.43. The number of esters is 1. The number of ether oxygens (including phenoxy) is 4. The van der Waals surface area contributed by atoms with Crippen molar-refractivity contribution in [2.24, 2.45) is 16.7 Å². The Kier molecular flexibility index (Phi) is 10.9. The predicted molar refractivity (Wildman–Crippen MR) is 128 cm³/mol. The molecule has 1 atom stereocenters. The molecular formula is C23H32N6O6. The number of carbonyl (C=O) groups is 2. The molecule has 1 amide bonds. The van der Waals surface area contributed by atoms with Crippen molar-refractivity contribution in [1.29, 1.82) is 0 Å². The van der Waals surface area contributed by atoms with Crippen LogP contribution in [0.15, 0.2) is 41.5 Å². The number of nitrogens with zero attached hydrogens (tertiary/aromatic N) is 3. The molecule has 0 spiro atoms. The van der Waals surface area contributed by atoms with Gasteiger partial charge in [0.05, 0.1) is 34.0 Å². The van der Waals surface area contributed by atoms with E-state index in [1.165, 1.54) is 7.11 Å². The van der Waals surface area contributed by atoms with Crippen LogP contribution in [0.1, 0.15) is 27.3 Å². The second-order valence-electron chi connectivity index (χ2n) is 7.43. The third-order valence-electron chi connectivity index (χ3n) is 4.61. The molecule has 1 aliphatic heterocycles. The Morgan fingerprint density at radius 2 is 2.03 bits per heavy atom. The van der Waals surface area contributed by atoms with E-state index in [1.807, 2.05) is 24.3 Å². The van der Waals surface area contributed by atoms with E-state index in [1.54, 1.807) is 33.2 Å². The van der Waals surface area contributed by atoms with Crippen molar-refractivity contribution in [3.8, 4) is 5.75 Å². The molecule has 35 heavy (non-hydrogen) atoms. The van der Waals surface area contributed by atoms with Gasteiger partial charge in [0.1, 0.15) is 11.4 Å². The molecule has 1 aliphatic rings. The van der Waals surface area contributed by atoms with Crippen molar-refractivity contribution in [3.05, 3.63) is 58.9 Å². The van der Waals surface area contributed by atoms with Gasteiger partial charge in [0, 0.05) is 24.8 Å². The fraction of sp³-hybridized carbons (Fsp3) is 0.391. The van der Waals surface area contributed by atoms with Crippen molar-refractivity contribution in [2.75, 3.05) is 41.1 Å². The number of aryl methyl sites for hydroxylation is 1. The van der Waals surface area contributed by atoms with Crippen LogP contribution >= 0.6 is 0 Å². The Labute approximate surface area is 204 Å². The first-order valence-electron chi connectivity index (χ1n) is 10.7. The minimum Gasteiger partial charge on any atom is -0.497 e. The van der Waals surface area contributed by atoms with E-state index in [-0.39, 0.29) is 23.4 Å². The fourth-order valence-electron chi connectivity index (χ4n) is 2.97. The first kappa shape index (κ1) is 27.5. The molecule has 1 saturated heterocycles. The van der Waals surface area contributed by atoms with Crippen LogP contribution in [0.5, 0.6) is 5.75 Å². The number of nitrogens with one attached hydrogen (secondary N) is 1. The van der Waals surface area contributed by atoms with Crippen LogP contribution in [0.4, 0.5) is 0 Å². The molecular weight excluding hydrogens is 456 g/mol. The van der Waals surface area contributed by atoms with E-state index in [9.17, 15) is 9.59 Å². The molecule has 12 nitrogen and oxygen atoms in total. The summed E-state index contributed by atoms with van der Waals surface area (Å²) < 4.78 is 19.6. The molecule has 12 heteroatoms. The highest BCUT2D eigenvalue weighted by atomic mass is 16.6. The molecule has 0 bridgehead atoms. The van der Waals surface area contributed by atoms with Gasteiger partial charge in [-0.15, -0.1) is 5.10 Å². The lowest BCUT2D eigenvalue weighted by atomic mass is 10.1. The third-order valence-corrected chi connectivity index (χ3v) is 4.61. The van der Waals surface area contributed by atoms with Crippen LogP contribution in [-0.4, -0.2) is 75.0 Å². The lowest BCUT2D eigenvalue weighted by Gasteiger charge is -2.20. The van der Waals surface area contributed by atoms with Crippen molar-refractivity contribution in [1.82, 2.24) is 15.4 Å². The van der Waals surface area contributed by atoms with Gasteiger partial charge in [0.2, 0.25) is 0 Å². The van der Waals surface area contributed by atoms with Crippen LogP contribution in [0, 0.1) is 6.92 Å². The van der Waals surface area contributed by atoms with E-state index in [2.05, 4.69) is 20.1 Å². The lowest BCUT2D eigenvalue weighted by molar-refractivity contribution is -0.167. The number of amides is 1. The Bertz CT molecular complexity index is 1020. The minimum absolute atomic E-state index is 0.206. The van der Waals surface area contributed by atoms with Gasteiger partial charge in [0.15, 0.2) is 11.9 Å². The summed E-state index contributed by atoms with van der Waals surface area (Å²) in [5.41, 5.74) is 8.30. The zero-order valence-corrected chi connectivity index (χ0v) is 20.3. The molecule has 0 saturated carbocycles. The third kappa shape index (κ3) is 9.20. The highest BCUT2D eigenvalue weighted by molar-refractivity contribution is 6.00. The number of hydrazine groups is 1. The summed E-state index contributed by atoms with van der Waals surface area (Å²) in [4.78, 5) is 27.4. The smallest absolute Gasteiger partial charge is 0.337 e. The number of hydrogen-bond donors (Lipinski definition) is 3. The lowest BCUT2D eigenvalue weighted by Crippen LogP contribution is -2.36. The number of aromatic nitrogens is 1. The van der Waals surface area contributed by atoms with Crippen LogP contribution in [0.2, 0.25) is 0 Å². The quantitative estimate of drug-likeness (QED) is 0.163. The summed E-state index contributed by atoms with van der Waals surface area (Å²) in [5, 5.41) is 7.87. The summed E-state index contributed by atoms with van der Waals surface area (Å²) in [7, 11) is 4.49. The molecule has 2 heterocycles. The molecule has 1 unspecified atom stereocenters. The Morgan fingerprint density at radius 3 is 2.66 bits per heavy atom. The van der Waals surface area contributed by atoms with Crippen molar-refractivity contribution in [3.63, 3.8) is 0 Å². The Morgan fingerprint density at radius 1 is 1.26 bits per heavy atom. The number of nitrogens with two attached hydrogens (primary N) is 2. The Balaban J connectivity index is 0.000000360. The highest BCUT2D eigenvalue weighted by Crippen LogP contribution is 2.12. The number of rotatable bonds is 7. The van der Waals surface area contributed by atoms with Crippen LogP contribution in [0.25, 0.3) is 0 Å². The molecule has 2 aromatic rings. The van der Waals surface area contributed by atoms with E-state index >= 15 is 0 Å². The normalized spacial score (nSPS) is 15.3. The number of hydrogen-bond acceptors (Lipinski definition) is 10. The van der Waals surface area contributed by atoms with Gasteiger partial charge in [0.25, 0.3) is 5.91 Å². The van der Waals surface area contributed by atoms with Crippen molar-refractivity contribution < 1.29 is 28.5 Å². The van der Waals surface area contributed by atoms with E-state index in [4.69, 9.17) is 25.8 Å². The molecule has 1 aromatic heterocycles. The average molecular weight is 489 g/mol. The maximum Gasteiger partial charge on any atom is 0.337 e. The number of benzene rings is 1. The van der Waals surface area contributed by atoms with Gasteiger partial charge < -0.3 is 30.0 Å². The average Bonchev–Trinajstić information content (AvgIpc) is 2.87. The van der Waals surface area contributed by atoms with Crippen LogP contribution in [-0.2, 0) is 25.5 Å². The van der Waals surface area contributed by atoms with E-state index in [0.717, 1.165) is 16.4 Å². The molecule has 3 rings (SSSR count). The van der Waals surface area contributed by atoms with Gasteiger partial charge >= 0.3 is 5.97 Å². The topological polar surface area (TPSA) is 164 Å². The number of methoxy groups -OCH3 is 2. The largest absolute Gasteiger partial charge is 0.497 e. The summed E-state index contributed by atoms with van der Waals surface area (Å²) in [6, 6.07) is 10.8. The number of hydrazone groups is 1. The van der Waals surface area contributed by atoms with Crippen LogP contribution in [0.3, 0.4) is 0 Å². The molecule has 5 N–H and O–H groups in total. The molecule has 0 aliphatic carbocycles.